The molecule has 0 amide bonds. The van der Waals surface area contributed by atoms with E-state index in [1.165, 1.54) is 5.56 Å². The molecule has 1 heterocycles. The van der Waals surface area contributed by atoms with Crippen molar-refractivity contribution in [3.8, 4) is 11.3 Å². The standard InChI is InChI=1S/C22H16N2O/c25-23-21-16-10-4-5-11-17(16)22-20(21)18-12-6-7-13-19(18)24(22)14-15-8-2-1-3-9-15/h1-13,25H,14H2/b23-21+. The van der Waals surface area contributed by atoms with Gasteiger partial charge in [-0.2, -0.15) is 0 Å². The average Bonchev–Trinajstić information content (AvgIpc) is 3.16. The van der Waals surface area contributed by atoms with Crippen LogP contribution in [0.15, 0.2) is 84.0 Å². The Bertz CT molecular complexity index is 1120. The number of nitrogens with zero attached hydrogens (tertiary/aromatic N) is 2. The summed E-state index contributed by atoms with van der Waals surface area (Å²) in [5, 5.41) is 14.5. The van der Waals surface area contributed by atoms with Gasteiger partial charge in [-0.1, -0.05) is 78.0 Å². The van der Waals surface area contributed by atoms with Gasteiger partial charge in [-0.3, -0.25) is 0 Å². The number of hydrogen-bond donors (Lipinski definition) is 1. The van der Waals surface area contributed by atoms with E-state index in [-0.39, 0.29) is 0 Å². The van der Waals surface area contributed by atoms with Gasteiger partial charge < -0.3 is 9.77 Å². The van der Waals surface area contributed by atoms with E-state index < -0.39 is 0 Å². The van der Waals surface area contributed by atoms with Crippen LogP contribution in [0.3, 0.4) is 0 Å². The number of aromatic nitrogens is 1. The Labute approximate surface area is 145 Å². The summed E-state index contributed by atoms with van der Waals surface area (Å²) in [5.41, 5.74) is 7.34. The van der Waals surface area contributed by atoms with Crippen LogP contribution in [0, 0.1) is 0 Å². The van der Waals surface area contributed by atoms with Gasteiger partial charge in [0.1, 0.15) is 5.71 Å². The van der Waals surface area contributed by atoms with Crippen LogP contribution < -0.4 is 0 Å². The molecule has 3 aromatic carbocycles. The molecule has 0 spiro atoms. The van der Waals surface area contributed by atoms with Crippen LogP contribution in [0.4, 0.5) is 0 Å². The normalized spacial score (nSPS) is 14.0. The second-order valence-electron chi connectivity index (χ2n) is 6.31. The smallest absolute Gasteiger partial charge is 0.120 e. The maximum Gasteiger partial charge on any atom is 0.120 e. The van der Waals surface area contributed by atoms with E-state index in [0.717, 1.165) is 39.8 Å². The van der Waals surface area contributed by atoms with Crippen LogP contribution in [0.1, 0.15) is 16.7 Å². The minimum Gasteiger partial charge on any atom is -0.410 e. The Hall–Kier alpha value is -3.33. The lowest BCUT2D eigenvalue weighted by Gasteiger charge is -2.11. The summed E-state index contributed by atoms with van der Waals surface area (Å²) in [6.45, 7) is 0.781. The molecule has 0 atom stereocenters. The van der Waals surface area contributed by atoms with Crippen LogP contribution in [0.5, 0.6) is 0 Å². The van der Waals surface area contributed by atoms with Crippen molar-refractivity contribution < 1.29 is 5.21 Å². The molecule has 0 saturated heterocycles. The molecule has 0 radical (unpaired) electrons. The number of hydrogen-bond acceptors (Lipinski definition) is 2. The highest BCUT2D eigenvalue weighted by Gasteiger charge is 2.31. The summed E-state index contributed by atoms with van der Waals surface area (Å²) in [5.74, 6) is 0. The molecule has 1 N–H and O–H groups in total. The van der Waals surface area contributed by atoms with Crippen molar-refractivity contribution in [2.75, 3.05) is 0 Å². The van der Waals surface area contributed by atoms with Crippen molar-refractivity contribution in [3.63, 3.8) is 0 Å². The van der Waals surface area contributed by atoms with Gasteiger partial charge in [-0.05, 0) is 11.6 Å². The zero-order chi connectivity index (χ0) is 16.8. The van der Waals surface area contributed by atoms with Crippen LogP contribution in [-0.4, -0.2) is 15.5 Å². The summed E-state index contributed by atoms with van der Waals surface area (Å²) < 4.78 is 2.33. The molecule has 0 fully saturated rings. The first-order chi connectivity index (χ1) is 12.4. The molecule has 0 unspecified atom stereocenters. The van der Waals surface area contributed by atoms with E-state index in [2.05, 4.69) is 58.3 Å². The fourth-order valence-corrected chi connectivity index (χ4v) is 3.89. The van der Waals surface area contributed by atoms with E-state index in [9.17, 15) is 5.21 Å². The van der Waals surface area contributed by atoms with Gasteiger partial charge in [0, 0.05) is 34.1 Å². The second-order valence-corrected chi connectivity index (χ2v) is 6.31. The first-order valence-corrected chi connectivity index (χ1v) is 8.36. The molecule has 1 aliphatic rings. The molecule has 3 nitrogen and oxygen atoms in total. The van der Waals surface area contributed by atoms with Gasteiger partial charge in [-0.25, -0.2) is 0 Å². The minimum absolute atomic E-state index is 0.661. The highest BCUT2D eigenvalue weighted by atomic mass is 16.4. The quantitative estimate of drug-likeness (QED) is 0.364. The summed E-state index contributed by atoms with van der Waals surface area (Å²) in [7, 11) is 0. The fourth-order valence-electron chi connectivity index (χ4n) is 3.89. The van der Waals surface area contributed by atoms with Crippen molar-refractivity contribution in [2.45, 2.75) is 6.54 Å². The van der Waals surface area contributed by atoms with E-state index in [0.29, 0.717) is 5.71 Å². The van der Waals surface area contributed by atoms with Crippen LogP contribution in [-0.2, 0) is 6.54 Å². The van der Waals surface area contributed by atoms with E-state index in [1.54, 1.807) is 0 Å². The Morgan fingerprint density at radius 3 is 2.24 bits per heavy atom. The third-order valence-corrected chi connectivity index (χ3v) is 4.93. The lowest BCUT2D eigenvalue weighted by molar-refractivity contribution is 0.320. The fraction of sp³-hybridized carbons (Fsp3) is 0.0455. The molecule has 120 valence electrons. The molecule has 5 rings (SSSR count). The first-order valence-electron chi connectivity index (χ1n) is 8.36. The molecule has 1 aliphatic carbocycles. The lowest BCUT2D eigenvalue weighted by Crippen LogP contribution is -2.01. The average molecular weight is 324 g/mol. The van der Waals surface area contributed by atoms with Crippen molar-refractivity contribution in [1.29, 1.82) is 0 Å². The lowest BCUT2D eigenvalue weighted by atomic mass is 10.1. The zero-order valence-corrected chi connectivity index (χ0v) is 13.6. The van der Waals surface area contributed by atoms with Crippen molar-refractivity contribution in [2.24, 2.45) is 5.16 Å². The zero-order valence-electron chi connectivity index (χ0n) is 13.6. The van der Waals surface area contributed by atoms with E-state index in [1.807, 2.05) is 30.3 Å². The minimum atomic E-state index is 0.661. The van der Waals surface area contributed by atoms with Crippen LogP contribution in [0.25, 0.3) is 22.2 Å². The highest BCUT2D eigenvalue weighted by molar-refractivity contribution is 6.29. The maximum atomic E-state index is 9.70. The predicted molar refractivity (Wildman–Crippen MR) is 100 cm³/mol. The SMILES string of the molecule is O/N=C1\c2ccccc2-c2c1c1ccccc1n2Cc1ccccc1. The topological polar surface area (TPSA) is 37.5 Å². The monoisotopic (exact) mass is 324 g/mol. The number of benzene rings is 3. The number of para-hydroxylation sites is 1. The van der Waals surface area contributed by atoms with Gasteiger partial charge in [0.05, 0.1) is 5.69 Å². The number of rotatable bonds is 2. The highest BCUT2D eigenvalue weighted by Crippen LogP contribution is 2.43. The first kappa shape index (κ1) is 14.1. The van der Waals surface area contributed by atoms with Gasteiger partial charge in [0.15, 0.2) is 0 Å². The largest absolute Gasteiger partial charge is 0.410 e. The second kappa shape index (κ2) is 5.35. The third-order valence-electron chi connectivity index (χ3n) is 4.93. The summed E-state index contributed by atoms with van der Waals surface area (Å²) in [6.07, 6.45) is 0. The van der Waals surface area contributed by atoms with Gasteiger partial charge in [-0.15, -0.1) is 0 Å². The Kier molecular flexibility index (Phi) is 3.01. The van der Waals surface area contributed by atoms with E-state index in [4.69, 9.17) is 0 Å². The van der Waals surface area contributed by atoms with Crippen molar-refractivity contribution >= 4 is 16.6 Å². The van der Waals surface area contributed by atoms with Crippen LogP contribution in [0.2, 0.25) is 0 Å². The molecule has 25 heavy (non-hydrogen) atoms. The van der Waals surface area contributed by atoms with Crippen molar-refractivity contribution in [3.05, 3.63) is 95.6 Å². The predicted octanol–water partition coefficient (Wildman–Crippen LogP) is 4.90. The molecule has 1 aromatic heterocycles. The summed E-state index contributed by atoms with van der Waals surface area (Å²) >= 11 is 0. The molecule has 0 bridgehead atoms. The Morgan fingerprint density at radius 1 is 0.760 bits per heavy atom. The van der Waals surface area contributed by atoms with Crippen molar-refractivity contribution in [1.82, 2.24) is 4.57 Å². The number of fused-ring (bicyclic) bond motifs is 5. The molecular weight excluding hydrogens is 308 g/mol. The summed E-state index contributed by atoms with van der Waals surface area (Å²) in [4.78, 5) is 0. The van der Waals surface area contributed by atoms with Gasteiger partial charge in [0.25, 0.3) is 0 Å². The maximum absolute atomic E-state index is 9.70. The Balaban J connectivity index is 1.86. The molecule has 0 saturated carbocycles. The molecule has 0 aliphatic heterocycles. The molecular formula is C22H16N2O. The number of oxime groups is 1. The molecule has 3 heteroatoms. The van der Waals surface area contributed by atoms with E-state index >= 15 is 0 Å². The molecule has 4 aromatic rings. The van der Waals surface area contributed by atoms with Gasteiger partial charge in [0.2, 0.25) is 0 Å². The Morgan fingerprint density at radius 2 is 1.44 bits per heavy atom. The van der Waals surface area contributed by atoms with Gasteiger partial charge >= 0.3 is 0 Å². The summed E-state index contributed by atoms with van der Waals surface area (Å²) in [6, 6.07) is 26.9. The van der Waals surface area contributed by atoms with Crippen LogP contribution >= 0.6 is 0 Å². The third kappa shape index (κ3) is 1.96.